The van der Waals surface area contributed by atoms with Gasteiger partial charge in [-0.05, 0) is 7.05 Å². The Balaban J connectivity index is 2.22. The van der Waals surface area contributed by atoms with Gasteiger partial charge in [0.1, 0.15) is 0 Å². The van der Waals surface area contributed by atoms with Gasteiger partial charge in [-0.1, -0.05) is 0 Å². The highest BCUT2D eigenvalue weighted by molar-refractivity contribution is 5.72. The summed E-state index contributed by atoms with van der Waals surface area (Å²) in [5, 5.41) is 1.96. The van der Waals surface area contributed by atoms with Gasteiger partial charge in [0, 0.05) is 33.1 Å². The van der Waals surface area contributed by atoms with Crippen LogP contribution in [0, 0.1) is 0 Å². The van der Waals surface area contributed by atoms with Gasteiger partial charge in [-0.2, -0.15) is 0 Å². The van der Waals surface area contributed by atoms with E-state index in [1.165, 1.54) is 0 Å². The number of carbonyl (C=O) groups excluding carboxylic acids is 1. The predicted octanol–water partition coefficient (Wildman–Crippen LogP) is -0.715. The van der Waals surface area contributed by atoms with Gasteiger partial charge in [-0.15, -0.1) is 0 Å². The van der Waals surface area contributed by atoms with Crippen LogP contribution < -0.4 is 5.43 Å². The molecule has 0 aromatic carbocycles. The molecule has 0 radical (unpaired) electrons. The fourth-order valence-electron chi connectivity index (χ4n) is 1.14. The van der Waals surface area contributed by atoms with Crippen LogP contribution in [0.4, 0.5) is 0 Å². The van der Waals surface area contributed by atoms with Gasteiger partial charge in [-0.3, -0.25) is 10.2 Å². The van der Waals surface area contributed by atoms with Crippen molar-refractivity contribution < 1.29 is 4.79 Å². The van der Waals surface area contributed by atoms with E-state index in [2.05, 4.69) is 17.4 Å². The summed E-state index contributed by atoms with van der Waals surface area (Å²) in [5.41, 5.74) is 2.77. The lowest BCUT2D eigenvalue weighted by atomic mass is 10.4. The third-order valence-electron chi connectivity index (χ3n) is 1.82. The van der Waals surface area contributed by atoms with Gasteiger partial charge < -0.3 is 4.90 Å². The van der Waals surface area contributed by atoms with E-state index >= 15 is 0 Å². The molecular weight excluding hydrogens is 142 g/mol. The number of likely N-dealkylation sites (N-methyl/N-ethyl adjacent to an activating group) is 1. The Kier molecular flexibility index (Phi) is 2.84. The number of nitrogens with one attached hydrogen (secondary N) is 1. The van der Waals surface area contributed by atoms with Gasteiger partial charge in [0.05, 0.1) is 0 Å². The maximum absolute atomic E-state index is 10.6. The van der Waals surface area contributed by atoms with Crippen LogP contribution in [-0.2, 0) is 4.79 Å². The Morgan fingerprint density at radius 1 is 1.27 bits per heavy atom. The first kappa shape index (κ1) is 8.49. The van der Waals surface area contributed by atoms with E-state index in [4.69, 9.17) is 0 Å². The molecule has 1 aliphatic rings. The molecule has 4 nitrogen and oxygen atoms in total. The predicted molar refractivity (Wildman–Crippen MR) is 42.9 cm³/mol. The Morgan fingerprint density at radius 2 is 1.82 bits per heavy atom. The molecule has 1 heterocycles. The van der Waals surface area contributed by atoms with Crippen LogP contribution in [-0.4, -0.2) is 49.0 Å². The van der Waals surface area contributed by atoms with E-state index in [9.17, 15) is 4.79 Å². The molecule has 0 atom stereocenters. The zero-order valence-electron chi connectivity index (χ0n) is 7.13. The van der Waals surface area contributed by atoms with E-state index in [1.54, 1.807) is 6.92 Å². The number of rotatable bonds is 1. The summed E-state index contributed by atoms with van der Waals surface area (Å²) in [7, 11) is 2.09. The molecule has 11 heavy (non-hydrogen) atoms. The third-order valence-corrected chi connectivity index (χ3v) is 1.82. The second-order valence-corrected chi connectivity index (χ2v) is 2.96. The van der Waals surface area contributed by atoms with Crippen molar-refractivity contribution in [3.05, 3.63) is 0 Å². The summed E-state index contributed by atoms with van der Waals surface area (Å²) in [5.74, 6) is 0.0227. The third kappa shape index (κ3) is 2.86. The van der Waals surface area contributed by atoms with Crippen LogP contribution >= 0.6 is 0 Å². The van der Waals surface area contributed by atoms with Gasteiger partial charge >= 0.3 is 0 Å². The molecular formula is C7H15N3O. The number of amides is 1. The first-order chi connectivity index (χ1) is 5.18. The van der Waals surface area contributed by atoms with Crippen LogP contribution in [0.1, 0.15) is 6.92 Å². The van der Waals surface area contributed by atoms with Crippen LogP contribution in [0.25, 0.3) is 0 Å². The van der Waals surface area contributed by atoms with E-state index in [-0.39, 0.29) is 5.91 Å². The molecule has 64 valence electrons. The topological polar surface area (TPSA) is 35.6 Å². The number of carbonyl (C=O) groups is 1. The molecule has 0 aromatic rings. The smallest absolute Gasteiger partial charge is 0.231 e. The van der Waals surface area contributed by atoms with Crippen molar-refractivity contribution >= 4 is 5.91 Å². The highest BCUT2D eigenvalue weighted by atomic mass is 16.2. The van der Waals surface area contributed by atoms with Crippen molar-refractivity contribution in [1.29, 1.82) is 0 Å². The molecule has 0 bridgehead atoms. The van der Waals surface area contributed by atoms with E-state index in [0.29, 0.717) is 0 Å². The Labute approximate surface area is 67.1 Å². The summed E-state index contributed by atoms with van der Waals surface area (Å²) in [4.78, 5) is 12.9. The number of hydrogen-bond donors (Lipinski definition) is 1. The lowest BCUT2D eigenvalue weighted by Crippen LogP contribution is -2.52. The minimum Gasteiger partial charge on any atom is -0.304 e. The molecule has 0 unspecified atom stereocenters. The highest BCUT2D eigenvalue weighted by Crippen LogP contribution is 1.94. The minimum atomic E-state index is 0.0227. The first-order valence-electron chi connectivity index (χ1n) is 3.89. The van der Waals surface area contributed by atoms with Crippen molar-refractivity contribution in [3.63, 3.8) is 0 Å². The monoisotopic (exact) mass is 157 g/mol. The average Bonchev–Trinajstić information content (AvgIpc) is 1.93. The van der Waals surface area contributed by atoms with E-state index in [1.807, 2.05) is 5.01 Å². The maximum atomic E-state index is 10.6. The zero-order valence-corrected chi connectivity index (χ0v) is 7.13. The summed E-state index contributed by atoms with van der Waals surface area (Å²) in [6.45, 7) is 5.45. The van der Waals surface area contributed by atoms with Gasteiger partial charge in [0.25, 0.3) is 0 Å². The molecule has 1 fully saturated rings. The highest BCUT2D eigenvalue weighted by Gasteiger charge is 2.13. The van der Waals surface area contributed by atoms with Crippen molar-refractivity contribution in [2.45, 2.75) is 6.92 Å². The summed E-state index contributed by atoms with van der Waals surface area (Å²) >= 11 is 0. The van der Waals surface area contributed by atoms with Crippen molar-refractivity contribution in [3.8, 4) is 0 Å². The molecule has 1 N–H and O–H groups in total. The Bertz CT molecular complexity index is 141. The zero-order chi connectivity index (χ0) is 8.27. The fraction of sp³-hybridized carbons (Fsp3) is 0.857. The van der Waals surface area contributed by atoms with Crippen molar-refractivity contribution in [2.75, 3.05) is 33.2 Å². The number of hydrogen-bond acceptors (Lipinski definition) is 3. The summed E-state index contributed by atoms with van der Waals surface area (Å²) in [6, 6.07) is 0. The van der Waals surface area contributed by atoms with Gasteiger partial charge in [0.2, 0.25) is 5.91 Å². The van der Waals surface area contributed by atoms with Crippen LogP contribution in [0.15, 0.2) is 0 Å². The van der Waals surface area contributed by atoms with Gasteiger partial charge in [0.15, 0.2) is 0 Å². The van der Waals surface area contributed by atoms with Crippen LogP contribution in [0.2, 0.25) is 0 Å². The maximum Gasteiger partial charge on any atom is 0.231 e. The number of nitrogens with zero attached hydrogens (tertiary/aromatic N) is 2. The molecule has 1 saturated heterocycles. The molecule has 4 heteroatoms. The number of hydrazine groups is 1. The molecule has 1 aliphatic heterocycles. The van der Waals surface area contributed by atoms with Crippen molar-refractivity contribution in [1.82, 2.24) is 15.3 Å². The summed E-state index contributed by atoms with van der Waals surface area (Å²) in [6.07, 6.45) is 0. The number of piperazine rings is 1. The second-order valence-electron chi connectivity index (χ2n) is 2.96. The second kappa shape index (κ2) is 3.69. The average molecular weight is 157 g/mol. The molecule has 0 aromatic heterocycles. The SMILES string of the molecule is CC(=O)NN1CCN(C)CC1. The summed E-state index contributed by atoms with van der Waals surface area (Å²) < 4.78 is 0. The molecule has 0 aliphatic carbocycles. The fourth-order valence-corrected chi connectivity index (χ4v) is 1.14. The molecule has 1 rings (SSSR count). The van der Waals surface area contributed by atoms with E-state index in [0.717, 1.165) is 26.2 Å². The first-order valence-corrected chi connectivity index (χ1v) is 3.89. The standard InChI is InChI=1S/C7H15N3O/c1-7(11)8-10-5-3-9(2)4-6-10/h3-6H2,1-2H3,(H,8,11). The van der Waals surface area contributed by atoms with Crippen molar-refractivity contribution in [2.24, 2.45) is 0 Å². The lowest BCUT2D eigenvalue weighted by molar-refractivity contribution is -0.124. The van der Waals surface area contributed by atoms with Crippen LogP contribution in [0.3, 0.4) is 0 Å². The normalized spacial score (nSPS) is 21.6. The molecule has 0 saturated carbocycles. The molecule has 0 spiro atoms. The lowest BCUT2D eigenvalue weighted by Gasteiger charge is -2.31. The Morgan fingerprint density at radius 3 is 2.27 bits per heavy atom. The largest absolute Gasteiger partial charge is 0.304 e. The Hall–Kier alpha value is -0.610. The van der Waals surface area contributed by atoms with Gasteiger partial charge in [-0.25, -0.2) is 5.01 Å². The quantitative estimate of drug-likeness (QED) is 0.546. The molecule has 1 amide bonds. The van der Waals surface area contributed by atoms with Crippen LogP contribution in [0.5, 0.6) is 0 Å². The minimum absolute atomic E-state index is 0.0227. The van der Waals surface area contributed by atoms with E-state index < -0.39 is 0 Å².